The molecular formula is C57H110NO8P. The highest BCUT2D eigenvalue weighted by atomic mass is 31.2. The maximum Gasteiger partial charge on any atom is 0.472 e. The molecule has 10 heteroatoms. The first-order chi connectivity index (χ1) is 32.8. The van der Waals surface area contributed by atoms with Crippen LogP contribution in [0.4, 0.5) is 0 Å². The fraction of sp³-hybridized carbons (Fsp3) is 0.895. The number of carbonyl (C=O) groups is 2. The van der Waals surface area contributed by atoms with Crippen LogP contribution in [0, 0.1) is 0 Å². The monoisotopic (exact) mass is 968 g/mol. The van der Waals surface area contributed by atoms with Crippen LogP contribution in [0.1, 0.15) is 296 Å². The van der Waals surface area contributed by atoms with Crippen molar-refractivity contribution < 1.29 is 37.6 Å². The van der Waals surface area contributed by atoms with Gasteiger partial charge in [-0.25, -0.2) is 4.57 Å². The molecule has 0 aromatic heterocycles. The molecule has 396 valence electrons. The Labute approximate surface area is 414 Å². The summed E-state index contributed by atoms with van der Waals surface area (Å²) >= 11 is 0. The highest BCUT2D eigenvalue weighted by Crippen LogP contribution is 2.43. The molecule has 3 N–H and O–H groups in total. The number of phosphoric acid groups is 1. The molecule has 0 rings (SSSR count). The van der Waals surface area contributed by atoms with Gasteiger partial charge in [-0.2, -0.15) is 0 Å². The van der Waals surface area contributed by atoms with Gasteiger partial charge in [-0.3, -0.25) is 18.6 Å². The third-order valence-electron chi connectivity index (χ3n) is 12.8. The van der Waals surface area contributed by atoms with Crippen molar-refractivity contribution in [3.8, 4) is 0 Å². The summed E-state index contributed by atoms with van der Waals surface area (Å²) in [5.41, 5.74) is 5.38. The van der Waals surface area contributed by atoms with E-state index in [1.54, 1.807) is 0 Å². The molecule has 0 amide bonds. The van der Waals surface area contributed by atoms with Gasteiger partial charge in [0.25, 0.3) is 0 Å². The fourth-order valence-corrected chi connectivity index (χ4v) is 9.31. The molecule has 0 aromatic carbocycles. The summed E-state index contributed by atoms with van der Waals surface area (Å²) < 4.78 is 33.0. The van der Waals surface area contributed by atoms with Crippen molar-refractivity contribution in [3.05, 3.63) is 24.3 Å². The van der Waals surface area contributed by atoms with Gasteiger partial charge in [0.05, 0.1) is 13.2 Å². The predicted molar refractivity (Wildman–Crippen MR) is 284 cm³/mol. The second-order valence-corrected chi connectivity index (χ2v) is 21.0. The Balaban J connectivity index is 3.99. The number of hydrogen-bond donors (Lipinski definition) is 2. The van der Waals surface area contributed by atoms with Crippen LogP contribution in [0.2, 0.25) is 0 Å². The first-order valence-electron chi connectivity index (χ1n) is 28.8. The molecule has 0 aliphatic carbocycles. The number of ether oxygens (including phenoxy) is 2. The summed E-state index contributed by atoms with van der Waals surface area (Å²) in [4.78, 5) is 35.1. The van der Waals surface area contributed by atoms with Gasteiger partial charge in [-0.1, -0.05) is 263 Å². The minimum atomic E-state index is -4.39. The highest BCUT2D eigenvalue weighted by molar-refractivity contribution is 7.47. The van der Waals surface area contributed by atoms with Crippen molar-refractivity contribution in [1.82, 2.24) is 0 Å². The van der Waals surface area contributed by atoms with E-state index in [9.17, 15) is 19.0 Å². The summed E-state index contributed by atoms with van der Waals surface area (Å²) in [5.74, 6) is -0.860. The number of hydrogen-bond acceptors (Lipinski definition) is 8. The van der Waals surface area contributed by atoms with Crippen molar-refractivity contribution in [2.45, 2.75) is 302 Å². The van der Waals surface area contributed by atoms with Crippen LogP contribution in [0.5, 0.6) is 0 Å². The van der Waals surface area contributed by atoms with Crippen molar-refractivity contribution >= 4 is 19.8 Å². The van der Waals surface area contributed by atoms with Crippen LogP contribution in [-0.4, -0.2) is 49.3 Å². The second-order valence-electron chi connectivity index (χ2n) is 19.5. The van der Waals surface area contributed by atoms with Gasteiger partial charge >= 0.3 is 19.8 Å². The number of esters is 2. The Morgan fingerprint density at radius 2 is 0.761 bits per heavy atom. The van der Waals surface area contributed by atoms with Crippen molar-refractivity contribution in [3.63, 3.8) is 0 Å². The molecule has 0 bridgehead atoms. The van der Waals surface area contributed by atoms with E-state index < -0.39 is 26.5 Å². The Bertz CT molecular complexity index is 1150. The van der Waals surface area contributed by atoms with Gasteiger partial charge in [0.2, 0.25) is 0 Å². The van der Waals surface area contributed by atoms with Crippen LogP contribution < -0.4 is 5.73 Å². The maximum atomic E-state index is 12.7. The van der Waals surface area contributed by atoms with Gasteiger partial charge in [0.15, 0.2) is 6.10 Å². The zero-order chi connectivity index (χ0) is 48.8. The lowest BCUT2D eigenvalue weighted by Crippen LogP contribution is -2.29. The van der Waals surface area contributed by atoms with E-state index in [2.05, 4.69) is 38.2 Å². The third-order valence-corrected chi connectivity index (χ3v) is 13.8. The Morgan fingerprint density at radius 1 is 0.433 bits per heavy atom. The topological polar surface area (TPSA) is 134 Å². The average Bonchev–Trinajstić information content (AvgIpc) is 3.32. The van der Waals surface area contributed by atoms with Crippen molar-refractivity contribution in [2.75, 3.05) is 26.4 Å². The Kier molecular flexibility index (Phi) is 52.6. The lowest BCUT2D eigenvalue weighted by molar-refractivity contribution is -0.161. The number of rotatable bonds is 55. The van der Waals surface area contributed by atoms with Crippen molar-refractivity contribution in [2.24, 2.45) is 5.73 Å². The summed E-state index contributed by atoms with van der Waals surface area (Å²) in [5, 5.41) is 0. The van der Waals surface area contributed by atoms with E-state index in [-0.39, 0.29) is 38.6 Å². The first kappa shape index (κ1) is 65.5. The predicted octanol–water partition coefficient (Wildman–Crippen LogP) is 17.9. The van der Waals surface area contributed by atoms with Crippen LogP contribution in [0.15, 0.2) is 24.3 Å². The van der Waals surface area contributed by atoms with E-state index in [0.29, 0.717) is 6.42 Å². The Hall–Kier alpha value is -1.51. The summed E-state index contributed by atoms with van der Waals surface area (Å²) in [7, 11) is -4.39. The molecule has 0 saturated carbocycles. The molecule has 0 aliphatic heterocycles. The molecule has 0 saturated heterocycles. The Morgan fingerprint density at radius 3 is 1.15 bits per heavy atom. The van der Waals surface area contributed by atoms with Crippen LogP contribution >= 0.6 is 7.82 Å². The van der Waals surface area contributed by atoms with E-state index >= 15 is 0 Å². The maximum absolute atomic E-state index is 12.7. The number of carbonyl (C=O) groups excluding carboxylic acids is 2. The summed E-state index contributed by atoms with van der Waals surface area (Å²) in [6, 6.07) is 0. The smallest absolute Gasteiger partial charge is 0.462 e. The van der Waals surface area contributed by atoms with E-state index in [1.165, 1.54) is 218 Å². The molecule has 0 fully saturated rings. The van der Waals surface area contributed by atoms with Gasteiger partial charge in [-0.05, 0) is 44.9 Å². The second kappa shape index (κ2) is 53.8. The number of nitrogens with two attached hydrogens (primary N) is 1. The van der Waals surface area contributed by atoms with Crippen LogP contribution in [0.25, 0.3) is 0 Å². The molecule has 0 aliphatic rings. The molecule has 67 heavy (non-hydrogen) atoms. The van der Waals surface area contributed by atoms with Gasteiger partial charge in [0.1, 0.15) is 6.61 Å². The van der Waals surface area contributed by atoms with E-state index in [0.717, 1.165) is 44.9 Å². The van der Waals surface area contributed by atoms with E-state index in [4.69, 9.17) is 24.3 Å². The highest BCUT2D eigenvalue weighted by Gasteiger charge is 2.26. The zero-order valence-electron chi connectivity index (χ0n) is 44.2. The van der Waals surface area contributed by atoms with Crippen LogP contribution in [0.3, 0.4) is 0 Å². The van der Waals surface area contributed by atoms with Gasteiger partial charge in [-0.15, -0.1) is 0 Å². The molecule has 0 radical (unpaired) electrons. The third kappa shape index (κ3) is 53.7. The van der Waals surface area contributed by atoms with Gasteiger partial charge < -0.3 is 20.1 Å². The normalized spacial score (nSPS) is 13.2. The summed E-state index contributed by atoms with van der Waals surface area (Å²) in [6.45, 7) is 3.76. The quantitative estimate of drug-likeness (QED) is 0.0264. The molecule has 1 unspecified atom stereocenters. The number of unbranched alkanes of at least 4 members (excludes halogenated alkanes) is 38. The lowest BCUT2D eigenvalue weighted by atomic mass is 10.0. The fourth-order valence-electron chi connectivity index (χ4n) is 8.54. The lowest BCUT2D eigenvalue weighted by Gasteiger charge is -2.19. The molecular weight excluding hydrogens is 858 g/mol. The SMILES string of the molecule is CCCCCCCCCCCCCCCC/C=C/CC/C=C/CCCC(=O)O[C@H](COC(=O)CCCCCCCCCCCCCCCCCCCCCCCCC)COP(=O)(O)OCCN. The van der Waals surface area contributed by atoms with E-state index in [1.807, 2.05) is 0 Å². The number of allylic oxidation sites excluding steroid dienone is 4. The van der Waals surface area contributed by atoms with Crippen molar-refractivity contribution in [1.29, 1.82) is 0 Å². The molecule has 0 heterocycles. The van der Waals surface area contributed by atoms with Gasteiger partial charge in [0, 0.05) is 19.4 Å². The zero-order valence-corrected chi connectivity index (χ0v) is 45.1. The minimum Gasteiger partial charge on any atom is -0.462 e. The minimum absolute atomic E-state index is 0.0498. The molecule has 9 nitrogen and oxygen atoms in total. The number of phosphoric ester groups is 1. The average molecular weight is 968 g/mol. The molecule has 2 atom stereocenters. The standard InChI is InChI=1S/C57H110NO8P/c1-3-5-7-9-11-13-15-17-19-21-23-25-27-29-31-33-35-37-39-41-43-45-47-49-56(59)63-53-55(54-65-67(61,62)64-52-51-58)66-57(60)50-48-46-44-42-40-38-36-34-32-30-28-26-24-22-20-18-16-14-12-10-8-6-4-2/h34,36,42,44,55H,3-33,35,37-41,43,45-54,58H2,1-2H3,(H,61,62)/b36-34+,44-42+/t55-/m1/s1. The molecule has 0 aromatic rings. The molecule has 0 spiro atoms. The summed E-state index contributed by atoms with van der Waals surface area (Å²) in [6.07, 6.45) is 62.5. The van der Waals surface area contributed by atoms with Crippen LogP contribution in [-0.2, 0) is 32.7 Å². The first-order valence-corrected chi connectivity index (χ1v) is 30.3. The largest absolute Gasteiger partial charge is 0.472 e.